The summed E-state index contributed by atoms with van der Waals surface area (Å²) in [6, 6.07) is 3.45. The summed E-state index contributed by atoms with van der Waals surface area (Å²) in [6.45, 7) is 3.01. The number of halogens is 3. The number of para-hydroxylation sites is 1. The number of anilines is 1. The molecule has 1 N–H and O–H groups in total. The first kappa shape index (κ1) is 24.9. The molecule has 0 unspecified atom stereocenters. The van der Waals surface area contributed by atoms with Crippen molar-refractivity contribution in [3.63, 3.8) is 0 Å². The van der Waals surface area contributed by atoms with Gasteiger partial charge in [-0.1, -0.05) is 18.6 Å². The van der Waals surface area contributed by atoms with Crippen LogP contribution in [-0.4, -0.2) is 27.5 Å². The number of ether oxygens (including phenoxy) is 1. The van der Waals surface area contributed by atoms with Crippen LogP contribution in [0.2, 0.25) is 0 Å². The molecular formula is C24H24F3N3O4S. The van der Waals surface area contributed by atoms with Crippen LogP contribution in [0.5, 0.6) is 0 Å². The van der Waals surface area contributed by atoms with Crippen LogP contribution >= 0.6 is 11.3 Å². The molecule has 1 aliphatic carbocycles. The van der Waals surface area contributed by atoms with E-state index in [1.54, 1.807) is 6.92 Å². The molecule has 0 aliphatic heterocycles. The molecule has 0 radical (unpaired) electrons. The van der Waals surface area contributed by atoms with Crippen LogP contribution in [0.1, 0.15) is 65.9 Å². The van der Waals surface area contributed by atoms with Crippen molar-refractivity contribution in [3.05, 3.63) is 57.0 Å². The summed E-state index contributed by atoms with van der Waals surface area (Å²) in [7, 11) is 0. The van der Waals surface area contributed by atoms with Crippen molar-refractivity contribution >= 4 is 39.1 Å². The summed E-state index contributed by atoms with van der Waals surface area (Å²) in [5, 5.41) is 2.44. The largest absolute Gasteiger partial charge is 0.458 e. The number of carbonyl (C=O) groups excluding carboxylic acids is 2. The number of hydrogen-bond donors (Lipinski definition) is 1. The van der Waals surface area contributed by atoms with E-state index in [9.17, 15) is 27.6 Å². The van der Waals surface area contributed by atoms with Gasteiger partial charge in [-0.15, -0.1) is 11.3 Å². The van der Waals surface area contributed by atoms with Gasteiger partial charge in [-0.3, -0.25) is 14.2 Å². The number of nitrogens with one attached hydrogen (secondary N) is 1. The number of thiophene rings is 1. The highest BCUT2D eigenvalue weighted by atomic mass is 32.1. The number of fused-ring (bicyclic) bond motifs is 1. The van der Waals surface area contributed by atoms with Crippen LogP contribution in [0, 0.1) is 6.92 Å². The zero-order valence-corrected chi connectivity index (χ0v) is 20.0. The van der Waals surface area contributed by atoms with Crippen LogP contribution in [0.4, 0.5) is 18.9 Å². The third kappa shape index (κ3) is 5.09. The third-order valence-corrected chi connectivity index (χ3v) is 7.35. The molecule has 35 heavy (non-hydrogen) atoms. The molecule has 2 heterocycles. The fourth-order valence-electron chi connectivity index (χ4n) is 4.20. The molecule has 1 saturated carbocycles. The van der Waals surface area contributed by atoms with Gasteiger partial charge >= 0.3 is 12.1 Å². The van der Waals surface area contributed by atoms with Gasteiger partial charge in [0.1, 0.15) is 21.9 Å². The van der Waals surface area contributed by atoms with Gasteiger partial charge in [0.15, 0.2) is 0 Å². The van der Waals surface area contributed by atoms with Crippen molar-refractivity contribution in [1.29, 1.82) is 0 Å². The molecule has 7 nitrogen and oxygen atoms in total. The summed E-state index contributed by atoms with van der Waals surface area (Å²) in [5.74, 6) is -1.31. The standard InChI is InChI=1S/C24H24F3N3O4S/c1-13-18-21(35-19(13)23(33)34-15-8-4-3-5-9-15)28-12-30(22(18)32)14(2)20(31)29-17-11-7-6-10-16(17)24(25,26)27/h6-7,10-12,14-15H,3-5,8-9H2,1-2H3,(H,29,31)/t14-/m0/s1. The Hall–Kier alpha value is -3.21. The van der Waals surface area contributed by atoms with Crippen LogP contribution in [0.25, 0.3) is 10.2 Å². The van der Waals surface area contributed by atoms with Gasteiger partial charge in [-0.2, -0.15) is 13.2 Å². The number of amides is 1. The molecule has 1 aromatic carbocycles. The molecule has 1 fully saturated rings. The Bertz CT molecular complexity index is 1330. The molecule has 1 atom stereocenters. The molecule has 2 aromatic heterocycles. The minimum atomic E-state index is -4.65. The molecule has 4 rings (SSSR count). The maximum atomic E-state index is 13.3. The lowest BCUT2D eigenvalue weighted by Gasteiger charge is -2.21. The zero-order valence-electron chi connectivity index (χ0n) is 19.1. The third-order valence-electron chi connectivity index (χ3n) is 6.17. The van der Waals surface area contributed by atoms with E-state index in [1.165, 1.54) is 19.1 Å². The van der Waals surface area contributed by atoms with Crippen molar-refractivity contribution in [3.8, 4) is 0 Å². The van der Waals surface area contributed by atoms with Crippen molar-refractivity contribution < 1.29 is 27.5 Å². The summed E-state index contributed by atoms with van der Waals surface area (Å²) in [6.07, 6.45) is 1.11. The van der Waals surface area contributed by atoms with Crippen LogP contribution < -0.4 is 10.9 Å². The Morgan fingerprint density at radius 2 is 1.89 bits per heavy atom. The van der Waals surface area contributed by atoms with Gasteiger partial charge in [0.25, 0.3) is 5.56 Å². The van der Waals surface area contributed by atoms with E-state index in [-0.39, 0.29) is 16.4 Å². The first-order valence-electron chi connectivity index (χ1n) is 11.3. The predicted octanol–water partition coefficient (Wildman–Crippen LogP) is 5.47. The van der Waals surface area contributed by atoms with E-state index in [2.05, 4.69) is 10.3 Å². The Kier molecular flexibility index (Phi) is 6.98. The summed E-state index contributed by atoms with van der Waals surface area (Å²) >= 11 is 1.05. The minimum absolute atomic E-state index is 0.145. The fourth-order valence-corrected chi connectivity index (χ4v) is 5.22. The van der Waals surface area contributed by atoms with Crippen molar-refractivity contribution in [2.45, 2.75) is 64.3 Å². The summed E-state index contributed by atoms with van der Waals surface area (Å²) < 4.78 is 46.5. The number of alkyl halides is 3. The molecule has 11 heteroatoms. The Balaban J connectivity index is 1.60. The Morgan fingerprint density at radius 3 is 2.57 bits per heavy atom. The number of hydrogen-bond acceptors (Lipinski definition) is 6. The first-order valence-corrected chi connectivity index (χ1v) is 12.1. The lowest BCUT2D eigenvalue weighted by molar-refractivity contribution is -0.137. The smallest absolute Gasteiger partial charge is 0.418 e. The van der Waals surface area contributed by atoms with Gasteiger partial charge in [-0.25, -0.2) is 9.78 Å². The van der Waals surface area contributed by atoms with Crippen molar-refractivity contribution in [1.82, 2.24) is 9.55 Å². The average Bonchev–Trinajstić information content (AvgIpc) is 3.16. The van der Waals surface area contributed by atoms with E-state index in [1.807, 2.05) is 0 Å². The molecule has 186 valence electrons. The molecule has 1 aliphatic rings. The fraction of sp³-hybridized carbons (Fsp3) is 0.417. The molecule has 0 saturated heterocycles. The van der Waals surface area contributed by atoms with Gasteiger partial charge in [-0.05, 0) is 57.2 Å². The van der Waals surface area contributed by atoms with E-state index in [4.69, 9.17) is 4.74 Å². The number of esters is 1. The van der Waals surface area contributed by atoms with E-state index >= 15 is 0 Å². The minimum Gasteiger partial charge on any atom is -0.458 e. The monoisotopic (exact) mass is 507 g/mol. The summed E-state index contributed by atoms with van der Waals surface area (Å²) in [4.78, 5) is 43.6. The van der Waals surface area contributed by atoms with Crippen LogP contribution in [-0.2, 0) is 15.7 Å². The molecule has 1 amide bonds. The van der Waals surface area contributed by atoms with Crippen LogP contribution in [0.3, 0.4) is 0 Å². The SMILES string of the molecule is Cc1c(C(=O)OC2CCCCC2)sc2ncn([C@@H](C)C(=O)Nc3ccccc3C(F)(F)F)c(=O)c12. The highest BCUT2D eigenvalue weighted by Gasteiger charge is 2.34. The number of aryl methyl sites for hydroxylation is 1. The molecular weight excluding hydrogens is 483 g/mol. The van der Waals surface area contributed by atoms with Gasteiger partial charge in [0.05, 0.1) is 23.0 Å². The van der Waals surface area contributed by atoms with E-state index in [0.717, 1.165) is 66.5 Å². The summed E-state index contributed by atoms with van der Waals surface area (Å²) in [5.41, 5.74) is -1.55. The molecule has 0 bridgehead atoms. The lowest BCUT2D eigenvalue weighted by atomic mass is 9.98. The van der Waals surface area contributed by atoms with E-state index in [0.29, 0.717) is 10.4 Å². The normalized spacial score (nSPS) is 15.7. The van der Waals surface area contributed by atoms with E-state index < -0.39 is 40.9 Å². The number of rotatable bonds is 5. The lowest BCUT2D eigenvalue weighted by Crippen LogP contribution is -2.32. The van der Waals surface area contributed by atoms with Gasteiger partial charge in [0, 0.05) is 0 Å². The van der Waals surface area contributed by atoms with Crippen LogP contribution in [0.15, 0.2) is 35.4 Å². The average molecular weight is 508 g/mol. The maximum Gasteiger partial charge on any atom is 0.418 e. The quantitative estimate of drug-likeness (QED) is 0.462. The second kappa shape index (κ2) is 9.80. The topological polar surface area (TPSA) is 90.3 Å². The Morgan fingerprint density at radius 1 is 1.20 bits per heavy atom. The highest BCUT2D eigenvalue weighted by molar-refractivity contribution is 7.20. The molecule has 0 spiro atoms. The first-order chi connectivity index (χ1) is 16.6. The number of aromatic nitrogens is 2. The molecule has 3 aromatic rings. The van der Waals surface area contributed by atoms with Crippen molar-refractivity contribution in [2.75, 3.05) is 5.32 Å². The highest BCUT2D eigenvalue weighted by Crippen LogP contribution is 2.35. The van der Waals surface area contributed by atoms with Gasteiger partial charge in [0.2, 0.25) is 5.91 Å². The number of carbonyl (C=O) groups is 2. The Labute approximate surface area is 202 Å². The second-order valence-corrected chi connectivity index (χ2v) is 9.57. The second-order valence-electron chi connectivity index (χ2n) is 8.57. The van der Waals surface area contributed by atoms with Crippen molar-refractivity contribution in [2.24, 2.45) is 0 Å². The number of benzene rings is 1. The maximum absolute atomic E-state index is 13.3. The predicted molar refractivity (Wildman–Crippen MR) is 126 cm³/mol. The zero-order chi connectivity index (χ0) is 25.3. The van der Waals surface area contributed by atoms with Gasteiger partial charge < -0.3 is 10.1 Å². The number of nitrogens with zero attached hydrogens (tertiary/aromatic N) is 2.